The topological polar surface area (TPSA) is 39.7 Å². The van der Waals surface area contributed by atoms with E-state index in [1.165, 1.54) is 5.56 Å². The van der Waals surface area contributed by atoms with Gasteiger partial charge in [0, 0.05) is 43.2 Å². The van der Waals surface area contributed by atoms with Crippen molar-refractivity contribution in [2.24, 2.45) is 10.9 Å². The molecule has 0 radical (unpaired) electrons. The summed E-state index contributed by atoms with van der Waals surface area (Å²) in [6.07, 6.45) is 0. The van der Waals surface area contributed by atoms with Crippen LogP contribution in [0, 0.1) is 5.92 Å². The van der Waals surface area contributed by atoms with Crippen LogP contribution in [0.5, 0.6) is 0 Å². The summed E-state index contributed by atoms with van der Waals surface area (Å²) >= 11 is 3.51. The first-order chi connectivity index (χ1) is 10.5. The smallest absolute Gasteiger partial charge is 0.191 e. The summed E-state index contributed by atoms with van der Waals surface area (Å²) in [6.45, 7) is 9.83. The van der Waals surface area contributed by atoms with Crippen LogP contribution in [0.2, 0.25) is 0 Å². The molecule has 130 valence electrons. The van der Waals surface area contributed by atoms with Gasteiger partial charge in [-0.3, -0.25) is 9.89 Å². The van der Waals surface area contributed by atoms with E-state index in [1.807, 2.05) is 13.1 Å². The van der Waals surface area contributed by atoms with Crippen molar-refractivity contribution in [2.45, 2.75) is 39.4 Å². The fourth-order valence-corrected chi connectivity index (χ4v) is 3.26. The average Bonchev–Trinajstić information content (AvgIpc) is 2.85. The maximum atomic E-state index is 4.36. The van der Waals surface area contributed by atoms with Crippen molar-refractivity contribution >= 4 is 45.9 Å². The molecular formula is C17H28BrIN4. The summed E-state index contributed by atoms with van der Waals surface area (Å²) in [5.74, 6) is 1.51. The second kappa shape index (κ2) is 9.84. The summed E-state index contributed by atoms with van der Waals surface area (Å²) in [6, 6.07) is 9.39. The first-order valence-electron chi connectivity index (χ1n) is 7.95. The Labute approximate surface area is 165 Å². The second-order valence-corrected chi connectivity index (χ2v) is 7.25. The Bertz CT molecular complexity index is 521. The minimum absolute atomic E-state index is 0. The second-order valence-electron chi connectivity index (χ2n) is 6.33. The van der Waals surface area contributed by atoms with Gasteiger partial charge in [-0.25, -0.2) is 0 Å². The molecule has 2 rings (SSSR count). The minimum atomic E-state index is 0. The number of guanidine groups is 1. The predicted molar refractivity (Wildman–Crippen MR) is 113 cm³/mol. The van der Waals surface area contributed by atoms with Crippen LogP contribution in [0.4, 0.5) is 0 Å². The van der Waals surface area contributed by atoms with Crippen LogP contribution in [0.15, 0.2) is 33.7 Å². The molecule has 4 nitrogen and oxygen atoms in total. The molecule has 2 atom stereocenters. The van der Waals surface area contributed by atoms with Crippen LogP contribution in [-0.4, -0.2) is 43.1 Å². The first-order valence-corrected chi connectivity index (χ1v) is 8.74. The van der Waals surface area contributed by atoms with Gasteiger partial charge in [0.2, 0.25) is 0 Å². The Kier molecular flexibility index (Phi) is 8.85. The number of aliphatic imine (C=N–C) groups is 1. The summed E-state index contributed by atoms with van der Waals surface area (Å²) in [4.78, 5) is 6.88. The van der Waals surface area contributed by atoms with Gasteiger partial charge in [0.05, 0.1) is 0 Å². The van der Waals surface area contributed by atoms with Crippen molar-refractivity contribution < 1.29 is 0 Å². The highest BCUT2D eigenvalue weighted by Gasteiger charge is 2.31. The van der Waals surface area contributed by atoms with Crippen molar-refractivity contribution in [1.29, 1.82) is 0 Å². The van der Waals surface area contributed by atoms with Crippen LogP contribution in [0.1, 0.15) is 26.3 Å². The van der Waals surface area contributed by atoms with E-state index in [9.17, 15) is 0 Å². The van der Waals surface area contributed by atoms with Crippen molar-refractivity contribution in [3.05, 3.63) is 34.3 Å². The van der Waals surface area contributed by atoms with E-state index in [2.05, 4.69) is 75.4 Å². The molecule has 1 heterocycles. The molecule has 0 aromatic heterocycles. The Morgan fingerprint density at radius 1 is 1.39 bits per heavy atom. The molecule has 2 unspecified atom stereocenters. The van der Waals surface area contributed by atoms with E-state index in [0.29, 0.717) is 18.0 Å². The van der Waals surface area contributed by atoms with Crippen LogP contribution in [0.25, 0.3) is 0 Å². The van der Waals surface area contributed by atoms with E-state index in [4.69, 9.17) is 0 Å². The van der Waals surface area contributed by atoms with Crippen molar-refractivity contribution in [2.75, 3.05) is 20.1 Å². The van der Waals surface area contributed by atoms with Gasteiger partial charge in [-0.2, -0.15) is 0 Å². The maximum Gasteiger partial charge on any atom is 0.191 e. The Hall–Kier alpha value is -0.340. The Morgan fingerprint density at radius 3 is 2.70 bits per heavy atom. The first kappa shape index (κ1) is 20.7. The zero-order valence-electron chi connectivity index (χ0n) is 14.3. The average molecular weight is 495 g/mol. The molecule has 6 heteroatoms. The zero-order chi connectivity index (χ0) is 16.1. The monoisotopic (exact) mass is 494 g/mol. The van der Waals surface area contributed by atoms with Gasteiger partial charge in [-0.05, 0) is 37.5 Å². The van der Waals surface area contributed by atoms with Gasteiger partial charge in [0.15, 0.2) is 5.96 Å². The van der Waals surface area contributed by atoms with Gasteiger partial charge >= 0.3 is 0 Å². The summed E-state index contributed by atoms with van der Waals surface area (Å²) in [7, 11) is 1.83. The summed E-state index contributed by atoms with van der Waals surface area (Å²) < 4.78 is 1.10. The fraction of sp³-hybridized carbons (Fsp3) is 0.588. The van der Waals surface area contributed by atoms with Crippen LogP contribution in [0.3, 0.4) is 0 Å². The number of halogens is 2. The highest BCUT2D eigenvalue weighted by atomic mass is 127. The third-order valence-corrected chi connectivity index (χ3v) is 4.76. The zero-order valence-corrected chi connectivity index (χ0v) is 18.3. The summed E-state index contributed by atoms with van der Waals surface area (Å²) in [5, 5.41) is 6.97. The van der Waals surface area contributed by atoms with Gasteiger partial charge in [-0.15, -0.1) is 24.0 Å². The highest BCUT2D eigenvalue weighted by molar-refractivity contribution is 14.0. The molecule has 1 aromatic carbocycles. The van der Waals surface area contributed by atoms with Gasteiger partial charge in [0.25, 0.3) is 0 Å². The number of nitrogens with zero attached hydrogens (tertiary/aromatic N) is 2. The standard InChI is InChI=1S/C17H27BrN4.HI/c1-12(2)22-10-13(3)16(11-22)21-17(19-4)20-9-14-6-5-7-15(18)8-14;/h5-8,12-13,16H,9-11H2,1-4H3,(H2,19,20,21);1H. The molecule has 1 aliphatic rings. The fourth-order valence-electron chi connectivity index (χ4n) is 2.82. The molecule has 1 aliphatic heterocycles. The molecule has 0 amide bonds. The molecule has 0 bridgehead atoms. The van der Waals surface area contributed by atoms with Gasteiger partial charge in [-0.1, -0.05) is 35.0 Å². The quantitative estimate of drug-likeness (QED) is 0.382. The number of hydrogen-bond acceptors (Lipinski definition) is 2. The van der Waals surface area contributed by atoms with E-state index < -0.39 is 0 Å². The van der Waals surface area contributed by atoms with Crippen LogP contribution >= 0.6 is 39.9 Å². The highest BCUT2D eigenvalue weighted by Crippen LogP contribution is 2.18. The van der Waals surface area contributed by atoms with Gasteiger partial charge < -0.3 is 10.6 Å². The number of nitrogens with one attached hydrogen (secondary N) is 2. The third-order valence-electron chi connectivity index (χ3n) is 4.27. The van der Waals surface area contributed by atoms with E-state index >= 15 is 0 Å². The number of rotatable bonds is 4. The molecular weight excluding hydrogens is 467 g/mol. The molecule has 23 heavy (non-hydrogen) atoms. The van der Waals surface area contributed by atoms with Crippen LogP contribution < -0.4 is 10.6 Å². The predicted octanol–water partition coefficient (Wildman–Crippen LogP) is 3.46. The lowest BCUT2D eigenvalue weighted by atomic mass is 10.1. The maximum absolute atomic E-state index is 4.36. The third kappa shape index (κ3) is 6.23. The van der Waals surface area contributed by atoms with Crippen LogP contribution in [-0.2, 0) is 6.54 Å². The van der Waals surface area contributed by atoms with E-state index in [0.717, 1.165) is 30.1 Å². The van der Waals surface area contributed by atoms with Crippen molar-refractivity contribution in [3.8, 4) is 0 Å². The SMILES string of the molecule is CN=C(NCc1cccc(Br)c1)NC1CN(C(C)C)CC1C.I. The lowest BCUT2D eigenvalue weighted by Gasteiger charge is -2.22. The molecule has 1 saturated heterocycles. The van der Waals surface area contributed by atoms with E-state index in [1.54, 1.807) is 0 Å². The largest absolute Gasteiger partial charge is 0.352 e. The molecule has 1 aromatic rings. The van der Waals surface area contributed by atoms with Crippen molar-refractivity contribution in [3.63, 3.8) is 0 Å². The number of hydrogen-bond donors (Lipinski definition) is 2. The molecule has 0 spiro atoms. The lowest BCUT2D eigenvalue weighted by Crippen LogP contribution is -2.46. The van der Waals surface area contributed by atoms with E-state index in [-0.39, 0.29) is 24.0 Å². The van der Waals surface area contributed by atoms with Crippen molar-refractivity contribution in [1.82, 2.24) is 15.5 Å². The van der Waals surface area contributed by atoms with Gasteiger partial charge in [0.1, 0.15) is 0 Å². The molecule has 1 fully saturated rings. The molecule has 0 aliphatic carbocycles. The normalized spacial score (nSPS) is 22.1. The number of likely N-dealkylation sites (tertiary alicyclic amines) is 1. The molecule has 0 saturated carbocycles. The summed E-state index contributed by atoms with van der Waals surface area (Å²) in [5.41, 5.74) is 1.24. The number of benzene rings is 1. The Morgan fingerprint density at radius 2 is 2.13 bits per heavy atom. The minimum Gasteiger partial charge on any atom is -0.352 e. The Balaban J connectivity index is 0.00000264. The lowest BCUT2D eigenvalue weighted by molar-refractivity contribution is 0.265. The molecule has 2 N–H and O–H groups in total.